The van der Waals surface area contributed by atoms with E-state index in [0.29, 0.717) is 12.3 Å². The molecule has 0 fully saturated rings. The number of alkyl halides is 3. The van der Waals surface area contributed by atoms with Crippen molar-refractivity contribution in [1.29, 1.82) is 0 Å². The van der Waals surface area contributed by atoms with Crippen molar-refractivity contribution >= 4 is 17.7 Å². The first-order chi connectivity index (χ1) is 11.4. The molecule has 0 radical (unpaired) electrons. The van der Waals surface area contributed by atoms with Gasteiger partial charge in [-0.25, -0.2) is 0 Å². The Kier molecular flexibility index (Phi) is 4.29. The van der Waals surface area contributed by atoms with E-state index in [1.165, 1.54) is 18.2 Å². The van der Waals surface area contributed by atoms with Crippen LogP contribution in [0.1, 0.15) is 16.7 Å². The first kappa shape index (κ1) is 16.1. The summed E-state index contributed by atoms with van der Waals surface area (Å²) >= 11 is 0. The molecule has 1 aliphatic rings. The van der Waals surface area contributed by atoms with Gasteiger partial charge in [0.1, 0.15) is 5.75 Å². The molecule has 1 N–H and O–H groups in total. The van der Waals surface area contributed by atoms with Gasteiger partial charge in [-0.3, -0.25) is 4.79 Å². The van der Waals surface area contributed by atoms with Gasteiger partial charge in [0.25, 0.3) is 0 Å². The van der Waals surface area contributed by atoms with Gasteiger partial charge in [-0.15, -0.1) is 0 Å². The second-order valence-corrected chi connectivity index (χ2v) is 5.36. The molecule has 0 saturated carbocycles. The highest BCUT2D eigenvalue weighted by molar-refractivity contribution is 6.01. The lowest BCUT2D eigenvalue weighted by molar-refractivity contribution is -0.137. The lowest BCUT2D eigenvalue weighted by Gasteiger charge is -2.07. The van der Waals surface area contributed by atoms with Gasteiger partial charge in [0.2, 0.25) is 5.91 Å². The molecule has 24 heavy (non-hydrogen) atoms. The maximum atomic E-state index is 12.5. The number of amides is 1. The van der Waals surface area contributed by atoms with Gasteiger partial charge >= 0.3 is 6.18 Å². The fourth-order valence-corrected chi connectivity index (χ4v) is 2.41. The highest BCUT2D eigenvalue weighted by atomic mass is 19.4. The Labute approximate surface area is 136 Å². The number of ether oxygens (including phenoxy) is 1. The van der Waals surface area contributed by atoms with Crippen LogP contribution in [0.15, 0.2) is 48.5 Å². The number of benzene rings is 2. The monoisotopic (exact) mass is 333 g/mol. The van der Waals surface area contributed by atoms with E-state index in [9.17, 15) is 18.0 Å². The summed E-state index contributed by atoms with van der Waals surface area (Å²) in [6.45, 7) is 0.664. The van der Waals surface area contributed by atoms with Gasteiger partial charge in [0.05, 0.1) is 12.2 Å². The molecule has 0 aromatic heterocycles. The van der Waals surface area contributed by atoms with E-state index in [0.717, 1.165) is 35.4 Å². The average Bonchev–Trinajstić information content (AvgIpc) is 3.00. The van der Waals surface area contributed by atoms with Crippen molar-refractivity contribution in [3.8, 4) is 5.75 Å². The number of hydrogen-bond acceptors (Lipinski definition) is 2. The minimum Gasteiger partial charge on any atom is -0.493 e. The maximum Gasteiger partial charge on any atom is 0.416 e. The zero-order valence-electron chi connectivity index (χ0n) is 12.6. The van der Waals surface area contributed by atoms with Crippen LogP contribution in [0, 0.1) is 0 Å². The Morgan fingerprint density at radius 1 is 1.12 bits per heavy atom. The Hall–Kier alpha value is -2.76. The molecule has 1 heterocycles. The molecular formula is C18H14F3NO2. The lowest BCUT2D eigenvalue weighted by Crippen LogP contribution is -2.09. The normalized spacial score (nSPS) is 13.6. The Morgan fingerprint density at radius 3 is 2.58 bits per heavy atom. The van der Waals surface area contributed by atoms with Crippen LogP contribution in [0.2, 0.25) is 0 Å². The molecule has 0 spiro atoms. The largest absolute Gasteiger partial charge is 0.493 e. The standard InChI is InChI=1S/C18H14F3NO2/c19-18(20,21)14-3-5-15(6-4-14)22-17(23)8-2-12-1-7-16-13(11-12)9-10-24-16/h1-8,11H,9-10H2,(H,22,23)/b8-2+. The van der Waals surface area contributed by atoms with E-state index in [1.54, 1.807) is 6.08 Å². The molecule has 3 rings (SSSR count). The van der Waals surface area contributed by atoms with Crippen molar-refractivity contribution in [2.45, 2.75) is 12.6 Å². The molecule has 0 unspecified atom stereocenters. The first-order valence-electron chi connectivity index (χ1n) is 7.34. The summed E-state index contributed by atoms with van der Waals surface area (Å²) in [5.74, 6) is 0.452. The Bertz CT molecular complexity index is 780. The maximum absolute atomic E-state index is 12.5. The quantitative estimate of drug-likeness (QED) is 0.851. The predicted molar refractivity (Wildman–Crippen MR) is 84.7 cm³/mol. The molecule has 0 atom stereocenters. The molecule has 3 nitrogen and oxygen atoms in total. The molecule has 1 aliphatic heterocycles. The zero-order valence-corrected chi connectivity index (χ0v) is 12.6. The molecule has 0 bridgehead atoms. The Balaban J connectivity index is 1.63. The smallest absolute Gasteiger partial charge is 0.416 e. The van der Waals surface area contributed by atoms with Crippen LogP contribution in [0.5, 0.6) is 5.75 Å². The lowest BCUT2D eigenvalue weighted by atomic mass is 10.1. The van der Waals surface area contributed by atoms with Gasteiger partial charge < -0.3 is 10.1 Å². The van der Waals surface area contributed by atoms with Crippen LogP contribution >= 0.6 is 0 Å². The van der Waals surface area contributed by atoms with Gasteiger partial charge in [0.15, 0.2) is 0 Å². The third kappa shape index (κ3) is 3.76. The Morgan fingerprint density at radius 2 is 1.88 bits per heavy atom. The number of anilines is 1. The SMILES string of the molecule is O=C(/C=C/c1ccc2c(c1)CCO2)Nc1ccc(C(F)(F)F)cc1. The number of halogens is 3. The van der Waals surface area contributed by atoms with Crippen LogP contribution in [-0.2, 0) is 17.4 Å². The molecule has 6 heteroatoms. The highest BCUT2D eigenvalue weighted by Crippen LogP contribution is 2.30. The molecule has 2 aromatic carbocycles. The van der Waals surface area contributed by atoms with E-state index < -0.39 is 17.6 Å². The van der Waals surface area contributed by atoms with E-state index in [2.05, 4.69) is 5.32 Å². The predicted octanol–water partition coefficient (Wildman–Crippen LogP) is 4.29. The molecule has 2 aromatic rings. The summed E-state index contributed by atoms with van der Waals surface area (Å²) in [5, 5.41) is 2.53. The van der Waals surface area contributed by atoms with Gasteiger partial charge in [-0.1, -0.05) is 6.07 Å². The molecule has 1 amide bonds. The minimum atomic E-state index is -4.39. The fourth-order valence-electron chi connectivity index (χ4n) is 2.41. The van der Waals surface area contributed by atoms with E-state index in [-0.39, 0.29) is 0 Å². The van der Waals surface area contributed by atoms with Crippen molar-refractivity contribution in [3.63, 3.8) is 0 Å². The van der Waals surface area contributed by atoms with E-state index in [1.807, 2.05) is 18.2 Å². The fraction of sp³-hybridized carbons (Fsp3) is 0.167. The van der Waals surface area contributed by atoms with E-state index >= 15 is 0 Å². The first-order valence-corrected chi connectivity index (χ1v) is 7.34. The second kappa shape index (κ2) is 6.39. The van der Waals surface area contributed by atoms with Crippen LogP contribution in [0.3, 0.4) is 0 Å². The van der Waals surface area contributed by atoms with Crippen molar-refractivity contribution < 1.29 is 22.7 Å². The summed E-state index contributed by atoms with van der Waals surface area (Å²) in [5.41, 5.74) is 1.51. The highest BCUT2D eigenvalue weighted by Gasteiger charge is 2.29. The number of hydrogen-bond donors (Lipinski definition) is 1. The summed E-state index contributed by atoms with van der Waals surface area (Å²) in [4.78, 5) is 11.9. The zero-order chi connectivity index (χ0) is 17.2. The van der Waals surface area contributed by atoms with Gasteiger partial charge in [0, 0.05) is 18.2 Å². The number of nitrogens with one attached hydrogen (secondary N) is 1. The van der Waals surface area contributed by atoms with Crippen molar-refractivity contribution in [2.75, 3.05) is 11.9 Å². The minimum absolute atomic E-state index is 0.306. The summed E-state index contributed by atoms with van der Waals surface area (Å²) in [6.07, 6.45) is -0.554. The molecule has 0 saturated heterocycles. The third-order valence-electron chi connectivity index (χ3n) is 3.62. The number of rotatable bonds is 3. The van der Waals surface area contributed by atoms with Crippen LogP contribution in [0.4, 0.5) is 18.9 Å². The third-order valence-corrected chi connectivity index (χ3v) is 3.62. The molecule has 124 valence electrons. The number of carbonyl (C=O) groups is 1. The number of carbonyl (C=O) groups excluding carboxylic acids is 1. The topological polar surface area (TPSA) is 38.3 Å². The van der Waals surface area contributed by atoms with E-state index in [4.69, 9.17) is 4.74 Å². The van der Waals surface area contributed by atoms with Crippen LogP contribution in [-0.4, -0.2) is 12.5 Å². The summed E-state index contributed by atoms with van der Waals surface area (Å²) in [6, 6.07) is 9.95. The number of fused-ring (bicyclic) bond motifs is 1. The van der Waals surface area contributed by atoms with Gasteiger partial charge in [-0.05, 0) is 53.6 Å². The second-order valence-electron chi connectivity index (χ2n) is 5.36. The van der Waals surface area contributed by atoms with Crippen molar-refractivity contribution in [2.24, 2.45) is 0 Å². The average molecular weight is 333 g/mol. The molecule has 0 aliphatic carbocycles. The van der Waals surface area contributed by atoms with Crippen molar-refractivity contribution in [3.05, 3.63) is 65.2 Å². The summed E-state index contributed by atoms with van der Waals surface area (Å²) < 4.78 is 42.8. The molecular weight excluding hydrogens is 319 g/mol. The van der Waals surface area contributed by atoms with Crippen LogP contribution < -0.4 is 10.1 Å². The van der Waals surface area contributed by atoms with Gasteiger partial charge in [-0.2, -0.15) is 13.2 Å². The van der Waals surface area contributed by atoms with Crippen LogP contribution in [0.25, 0.3) is 6.08 Å². The summed E-state index contributed by atoms with van der Waals surface area (Å²) in [7, 11) is 0. The van der Waals surface area contributed by atoms with Crippen molar-refractivity contribution in [1.82, 2.24) is 0 Å².